The van der Waals surface area contributed by atoms with Crippen LogP contribution >= 0.6 is 12.2 Å². The average Bonchev–Trinajstić information content (AvgIpc) is 2.49. The van der Waals surface area contributed by atoms with Crippen molar-refractivity contribution in [2.45, 2.75) is 31.8 Å². The van der Waals surface area contributed by atoms with Gasteiger partial charge in [-0.25, -0.2) is 4.98 Å². The number of aryl methyl sites for hydroxylation is 1. The molecule has 2 aliphatic heterocycles. The largest absolute Gasteiger partial charge is 0.383 e. The Kier molecular flexibility index (Phi) is 2.24. The van der Waals surface area contributed by atoms with Crippen molar-refractivity contribution in [1.82, 2.24) is 9.55 Å². The van der Waals surface area contributed by atoms with Crippen LogP contribution < -0.4 is 5.73 Å². The summed E-state index contributed by atoms with van der Waals surface area (Å²) in [5.41, 5.74) is 6.61. The highest BCUT2D eigenvalue weighted by Crippen LogP contribution is 2.36. The first kappa shape index (κ1) is 10.2. The lowest BCUT2D eigenvalue weighted by molar-refractivity contribution is -0.149. The lowest BCUT2D eigenvalue weighted by Crippen LogP contribution is -2.40. The highest BCUT2D eigenvalue weighted by atomic mass is 32.1. The van der Waals surface area contributed by atoms with Gasteiger partial charge in [0.1, 0.15) is 18.1 Å². The molecule has 3 heterocycles. The normalized spacial score (nSPS) is 32.2. The van der Waals surface area contributed by atoms with Crippen molar-refractivity contribution in [3.05, 3.63) is 16.5 Å². The minimum atomic E-state index is -0.0585. The van der Waals surface area contributed by atoms with Gasteiger partial charge in [0.05, 0.1) is 12.7 Å². The molecule has 0 radical (unpaired) electrons. The Hall–Kier alpha value is -0.980. The number of aromatic nitrogens is 2. The van der Waals surface area contributed by atoms with Crippen LogP contribution in [0.4, 0.5) is 5.82 Å². The standard InChI is InChI=1S/C10H13N3O2S/c1-5-3-13(10(16)12-9(5)11)8-2-6-7(15-8)4-14-6/h3,6-8H,2,4H2,1H3,(H2,11,12,16)/t6-,7-,8-/m1/s1. The van der Waals surface area contributed by atoms with Crippen molar-refractivity contribution < 1.29 is 9.47 Å². The number of nitrogens with two attached hydrogens (primary N) is 1. The minimum absolute atomic E-state index is 0.0585. The molecule has 0 saturated carbocycles. The molecule has 6 heteroatoms. The molecule has 2 N–H and O–H groups in total. The van der Waals surface area contributed by atoms with Crippen molar-refractivity contribution >= 4 is 18.0 Å². The van der Waals surface area contributed by atoms with Crippen molar-refractivity contribution in [3.8, 4) is 0 Å². The molecule has 0 aliphatic carbocycles. The van der Waals surface area contributed by atoms with E-state index in [1.165, 1.54) is 0 Å². The number of nitrogen functional groups attached to an aromatic ring is 1. The molecule has 86 valence electrons. The molecular formula is C10H13N3O2S. The molecule has 0 spiro atoms. The van der Waals surface area contributed by atoms with Crippen LogP contribution in [0.1, 0.15) is 18.2 Å². The van der Waals surface area contributed by atoms with Gasteiger partial charge in [0.2, 0.25) is 4.77 Å². The highest BCUT2D eigenvalue weighted by Gasteiger charge is 2.43. The number of anilines is 1. The van der Waals surface area contributed by atoms with E-state index in [2.05, 4.69) is 4.98 Å². The Labute approximate surface area is 98.2 Å². The molecular weight excluding hydrogens is 226 g/mol. The molecule has 0 unspecified atom stereocenters. The number of hydrogen-bond acceptors (Lipinski definition) is 5. The molecule has 16 heavy (non-hydrogen) atoms. The summed E-state index contributed by atoms with van der Waals surface area (Å²) in [5, 5.41) is 0. The van der Waals surface area contributed by atoms with E-state index in [1.54, 1.807) is 0 Å². The van der Waals surface area contributed by atoms with E-state index in [-0.39, 0.29) is 18.4 Å². The molecule has 3 atom stereocenters. The molecule has 1 aromatic rings. The summed E-state index contributed by atoms with van der Waals surface area (Å²) in [6.07, 6.45) is 3.13. The number of nitrogens with zero attached hydrogens (tertiary/aromatic N) is 2. The van der Waals surface area contributed by atoms with E-state index in [0.717, 1.165) is 12.0 Å². The Morgan fingerprint density at radius 2 is 2.38 bits per heavy atom. The zero-order chi connectivity index (χ0) is 11.3. The van der Waals surface area contributed by atoms with Gasteiger partial charge in [-0.05, 0) is 19.1 Å². The molecule has 3 rings (SSSR count). The highest BCUT2D eigenvalue weighted by molar-refractivity contribution is 7.71. The summed E-state index contributed by atoms with van der Waals surface area (Å²) in [6, 6.07) is 0. The van der Waals surface area contributed by atoms with Gasteiger partial charge in [0, 0.05) is 18.2 Å². The van der Waals surface area contributed by atoms with E-state index in [9.17, 15) is 0 Å². The maximum absolute atomic E-state index is 5.81. The molecule has 2 fully saturated rings. The fourth-order valence-electron chi connectivity index (χ4n) is 2.08. The number of rotatable bonds is 1. The Bertz CT molecular complexity index is 475. The zero-order valence-corrected chi connectivity index (χ0v) is 9.74. The molecule has 0 aromatic carbocycles. The SMILES string of the molecule is Cc1cn([C@H]2C[C@H]3OC[C@H]3O2)c(=S)nc1N. The second kappa shape index (κ2) is 3.51. The lowest BCUT2D eigenvalue weighted by Gasteiger charge is -2.28. The van der Waals surface area contributed by atoms with Crippen molar-refractivity contribution in [2.24, 2.45) is 0 Å². The fraction of sp³-hybridized carbons (Fsp3) is 0.600. The third-order valence-electron chi connectivity index (χ3n) is 3.14. The monoisotopic (exact) mass is 239 g/mol. The van der Waals surface area contributed by atoms with Gasteiger partial charge >= 0.3 is 0 Å². The van der Waals surface area contributed by atoms with Crippen LogP contribution in [0.15, 0.2) is 6.20 Å². The third kappa shape index (κ3) is 1.45. The summed E-state index contributed by atoms with van der Waals surface area (Å²) in [7, 11) is 0. The second-order valence-corrected chi connectivity index (χ2v) is 4.60. The van der Waals surface area contributed by atoms with E-state index >= 15 is 0 Å². The van der Waals surface area contributed by atoms with E-state index in [0.29, 0.717) is 17.2 Å². The van der Waals surface area contributed by atoms with Gasteiger partial charge in [0.15, 0.2) is 0 Å². The predicted octanol–water partition coefficient (Wildman–Crippen LogP) is 1.19. The second-order valence-electron chi connectivity index (χ2n) is 4.24. The average molecular weight is 239 g/mol. The molecule has 2 aliphatic rings. The molecule has 0 amide bonds. The molecule has 5 nitrogen and oxygen atoms in total. The van der Waals surface area contributed by atoms with E-state index < -0.39 is 0 Å². The lowest BCUT2D eigenvalue weighted by atomic mass is 10.1. The Morgan fingerprint density at radius 1 is 1.56 bits per heavy atom. The summed E-state index contributed by atoms with van der Waals surface area (Å²) in [6.45, 7) is 2.60. The van der Waals surface area contributed by atoms with E-state index in [1.807, 2.05) is 17.7 Å². The third-order valence-corrected chi connectivity index (χ3v) is 3.44. The van der Waals surface area contributed by atoms with Gasteiger partial charge in [-0.3, -0.25) is 4.57 Å². The van der Waals surface area contributed by atoms with Crippen molar-refractivity contribution in [1.29, 1.82) is 0 Å². The quantitative estimate of drug-likeness (QED) is 0.746. The summed E-state index contributed by atoms with van der Waals surface area (Å²) >= 11 is 5.18. The first-order chi connectivity index (χ1) is 7.65. The zero-order valence-electron chi connectivity index (χ0n) is 8.92. The Morgan fingerprint density at radius 3 is 2.94 bits per heavy atom. The summed E-state index contributed by atoms with van der Waals surface area (Å²) in [4.78, 5) is 4.12. The molecule has 0 bridgehead atoms. The fourth-order valence-corrected chi connectivity index (χ4v) is 2.35. The van der Waals surface area contributed by atoms with Crippen LogP contribution in [0.2, 0.25) is 0 Å². The van der Waals surface area contributed by atoms with Crippen LogP contribution in [-0.2, 0) is 9.47 Å². The van der Waals surface area contributed by atoms with Crippen molar-refractivity contribution in [3.63, 3.8) is 0 Å². The van der Waals surface area contributed by atoms with Crippen LogP contribution in [0.25, 0.3) is 0 Å². The van der Waals surface area contributed by atoms with Crippen molar-refractivity contribution in [2.75, 3.05) is 12.3 Å². The van der Waals surface area contributed by atoms with E-state index in [4.69, 9.17) is 27.4 Å². The molecule has 2 saturated heterocycles. The maximum Gasteiger partial charge on any atom is 0.203 e. The van der Waals surface area contributed by atoms with Crippen LogP contribution in [0.5, 0.6) is 0 Å². The predicted molar refractivity (Wildman–Crippen MR) is 60.5 cm³/mol. The van der Waals surface area contributed by atoms with Gasteiger partial charge in [-0.15, -0.1) is 0 Å². The van der Waals surface area contributed by atoms with Gasteiger partial charge in [-0.1, -0.05) is 0 Å². The Balaban J connectivity index is 1.94. The topological polar surface area (TPSA) is 62.3 Å². The smallest absolute Gasteiger partial charge is 0.203 e. The summed E-state index contributed by atoms with van der Waals surface area (Å²) in [5.74, 6) is 0.485. The van der Waals surface area contributed by atoms with Crippen LogP contribution in [-0.4, -0.2) is 28.4 Å². The van der Waals surface area contributed by atoms with Gasteiger partial charge in [0.25, 0.3) is 0 Å². The first-order valence-corrected chi connectivity index (χ1v) is 5.68. The maximum atomic E-state index is 5.81. The first-order valence-electron chi connectivity index (χ1n) is 5.27. The van der Waals surface area contributed by atoms with Crippen LogP contribution in [0.3, 0.4) is 0 Å². The number of hydrogen-bond donors (Lipinski definition) is 1. The summed E-state index contributed by atoms with van der Waals surface area (Å²) < 4.78 is 13.5. The number of fused-ring (bicyclic) bond motifs is 1. The van der Waals surface area contributed by atoms with Crippen LogP contribution in [0, 0.1) is 11.7 Å². The molecule has 1 aromatic heterocycles. The van der Waals surface area contributed by atoms with Gasteiger partial charge < -0.3 is 15.2 Å². The minimum Gasteiger partial charge on any atom is -0.383 e. The van der Waals surface area contributed by atoms with Gasteiger partial charge in [-0.2, -0.15) is 0 Å². The number of ether oxygens (including phenoxy) is 2.